The second-order valence-electron chi connectivity index (χ2n) is 6.74. The molecule has 1 aliphatic carbocycles. The fourth-order valence-electron chi connectivity index (χ4n) is 3.21. The van der Waals surface area contributed by atoms with Gasteiger partial charge in [0, 0.05) is 0 Å². The lowest BCUT2D eigenvalue weighted by Crippen LogP contribution is -2.52. The van der Waals surface area contributed by atoms with Crippen LogP contribution in [0.2, 0.25) is 0 Å². The average Bonchev–Trinajstić information content (AvgIpc) is 2.68. The van der Waals surface area contributed by atoms with E-state index >= 15 is 0 Å². The summed E-state index contributed by atoms with van der Waals surface area (Å²) >= 11 is 0. The zero-order chi connectivity index (χ0) is 19.9. The Morgan fingerprint density at radius 3 is 2.44 bits per heavy atom. The number of nitrogens with one attached hydrogen (secondary N) is 1. The van der Waals surface area contributed by atoms with Crippen molar-refractivity contribution in [3.05, 3.63) is 23.8 Å². The Labute approximate surface area is 159 Å². The molecule has 0 bridgehead atoms. The van der Waals surface area contributed by atoms with Crippen LogP contribution in [0, 0.1) is 11.3 Å². The van der Waals surface area contributed by atoms with Gasteiger partial charge in [-0.3, -0.25) is 9.59 Å². The van der Waals surface area contributed by atoms with E-state index in [1.54, 1.807) is 18.2 Å². The van der Waals surface area contributed by atoms with E-state index in [1.807, 2.05) is 0 Å². The fraction of sp³-hybridized carbons (Fsp3) is 0.550. The summed E-state index contributed by atoms with van der Waals surface area (Å²) in [5.74, 6) is 0.108. The number of rotatable bonds is 7. The molecule has 1 aromatic carbocycles. The van der Waals surface area contributed by atoms with Gasteiger partial charge in [0.05, 0.1) is 26.7 Å². The van der Waals surface area contributed by atoms with Gasteiger partial charge in [-0.1, -0.05) is 25.3 Å². The van der Waals surface area contributed by atoms with Crippen LogP contribution in [0.25, 0.3) is 0 Å². The van der Waals surface area contributed by atoms with E-state index in [0.717, 1.165) is 19.3 Å². The number of ether oxygens (including phenoxy) is 3. The Balaban J connectivity index is 1.93. The number of benzene rings is 1. The van der Waals surface area contributed by atoms with Gasteiger partial charge in [-0.2, -0.15) is 5.26 Å². The van der Waals surface area contributed by atoms with Crippen molar-refractivity contribution < 1.29 is 23.8 Å². The van der Waals surface area contributed by atoms with Crippen LogP contribution in [0.1, 0.15) is 44.6 Å². The predicted octanol–water partition coefficient (Wildman–Crippen LogP) is 2.52. The van der Waals surface area contributed by atoms with Crippen LogP contribution >= 0.6 is 0 Å². The smallest absolute Gasteiger partial charge is 0.311 e. The minimum atomic E-state index is -0.968. The van der Waals surface area contributed by atoms with Crippen LogP contribution in [0.5, 0.6) is 11.5 Å². The molecule has 7 heteroatoms. The number of carbonyl (C=O) groups excluding carboxylic acids is 2. The lowest BCUT2D eigenvalue weighted by molar-refractivity contribution is -0.154. The Kier molecular flexibility index (Phi) is 7.05. The number of esters is 1. The van der Waals surface area contributed by atoms with Crippen molar-refractivity contribution >= 4 is 11.9 Å². The summed E-state index contributed by atoms with van der Waals surface area (Å²) in [6.45, 7) is 1.51. The number of nitrogens with zero attached hydrogens (tertiary/aromatic N) is 1. The maximum absolute atomic E-state index is 12.4. The highest BCUT2D eigenvalue weighted by molar-refractivity contribution is 5.84. The molecule has 0 spiro atoms. The molecule has 1 aliphatic rings. The molecule has 146 valence electrons. The number of amides is 1. The Morgan fingerprint density at radius 1 is 1.19 bits per heavy atom. The molecule has 0 radical (unpaired) electrons. The lowest BCUT2D eigenvalue weighted by atomic mass is 9.83. The van der Waals surface area contributed by atoms with Crippen LogP contribution in [0.3, 0.4) is 0 Å². The first-order chi connectivity index (χ1) is 12.9. The van der Waals surface area contributed by atoms with E-state index in [1.165, 1.54) is 21.1 Å². The molecular formula is C20H26N2O5. The molecule has 0 saturated heterocycles. The van der Waals surface area contributed by atoms with Gasteiger partial charge in [-0.05, 0) is 37.5 Å². The SMILES string of the molecule is COc1ccc(CC(=O)O[C@H](C)C(=O)NC2(C#N)CCCCC2)cc1OC. The van der Waals surface area contributed by atoms with Gasteiger partial charge in [-0.25, -0.2) is 0 Å². The summed E-state index contributed by atoms with van der Waals surface area (Å²) in [5, 5.41) is 12.2. The fourth-order valence-corrected chi connectivity index (χ4v) is 3.21. The predicted molar refractivity (Wildman–Crippen MR) is 98.4 cm³/mol. The molecule has 0 unspecified atom stereocenters. The minimum absolute atomic E-state index is 0.00136. The van der Waals surface area contributed by atoms with Crippen LogP contribution in [-0.4, -0.2) is 37.7 Å². The summed E-state index contributed by atoms with van der Waals surface area (Å²) in [5.41, 5.74) is -0.162. The van der Waals surface area contributed by atoms with Crippen LogP contribution in [0.15, 0.2) is 18.2 Å². The highest BCUT2D eigenvalue weighted by Gasteiger charge is 2.35. The third kappa shape index (κ3) is 5.36. The summed E-state index contributed by atoms with van der Waals surface area (Å²) in [4.78, 5) is 24.6. The molecule has 1 fully saturated rings. The highest BCUT2D eigenvalue weighted by Crippen LogP contribution is 2.28. The first kappa shape index (κ1) is 20.6. The van der Waals surface area contributed by atoms with Gasteiger partial charge < -0.3 is 19.5 Å². The van der Waals surface area contributed by atoms with Crippen LogP contribution in [0.4, 0.5) is 0 Å². The standard InChI is InChI=1S/C20H26N2O5/c1-14(19(24)22-20(13-21)9-5-4-6-10-20)27-18(23)12-15-7-8-16(25-2)17(11-15)26-3/h7-8,11,14H,4-6,9-10,12H2,1-3H3,(H,22,24)/t14-/m1/s1. The number of carbonyl (C=O) groups is 2. The van der Waals surface area contributed by atoms with Gasteiger partial charge in [0.15, 0.2) is 17.6 Å². The summed E-state index contributed by atoms with van der Waals surface area (Å²) in [6.07, 6.45) is 3.16. The zero-order valence-corrected chi connectivity index (χ0v) is 16.0. The van der Waals surface area contributed by atoms with E-state index < -0.39 is 23.5 Å². The van der Waals surface area contributed by atoms with Crippen molar-refractivity contribution in [1.29, 1.82) is 5.26 Å². The number of nitriles is 1. The Morgan fingerprint density at radius 2 is 1.85 bits per heavy atom. The zero-order valence-electron chi connectivity index (χ0n) is 16.0. The molecule has 1 amide bonds. The van der Waals surface area contributed by atoms with Gasteiger partial charge in [0.1, 0.15) is 5.54 Å². The molecule has 7 nitrogen and oxygen atoms in total. The van der Waals surface area contributed by atoms with E-state index in [4.69, 9.17) is 14.2 Å². The van der Waals surface area contributed by atoms with Crippen molar-refractivity contribution in [3.63, 3.8) is 0 Å². The molecule has 1 atom stereocenters. The number of hydrogen-bond acceptors (Lipinski definition) is 6. The molecule has 2 rings (SSSR count). The topological polar surface area (TPSA) is 97.6 Å². The Hall–Kier alpha value is -2.75. The number of hydrogen-bond donors (Lipinski definition) is 1. The second kappa shape index (κ2) is 9.26. The van der Waals surface area contributed by atoms with Gasteiger partial charge in [-0.15, -0.1) is 0 Å². The third-order valence-electron chi connectivity index (χ3n) is 4.76. The Bertz CT molecular complexity index is 720. The van der Waals surface area contributed by atoms with Crippen molar-refractivity contribution in [3.8, 4) is 17.6 Å². The monoisotopic (exact) mass is 374 g/mol. The normalized spacial score (nSPS) is 16.5. The second-order valence-corrected chi connectivity index (χ2v) is 6.74. The maximum Gasteiger partial charge on any atom is 0.311 e. The van der Waals surface area contributed by atoms with Crippen molar-refractivity contribution in [2.45, 2.75) is 57.1 Å². The summed E-state index contributed by atoms with van der Waals surface area (Å²) in [6, 6.07) is 7.36. The molecule has 1 N–H and O–H groups in total. The molecule has 0 aliphatic heterocycles. The van der Waals surface area contributed by atoms with Gasteiger partial charge in [0.25, 0.3) is 5.91 Å². The van der Waals surface area contributed by atoms with E-state index in [-0.39, 0.29) is 6.42 Å². The summed E-state index contributed by atoms with van der Waals surface area (Å²) in [7, 11) is 3.05. The average molecular weight is 374 g/mol. The quantitative estimate of drug-likeness (QED) is 0.737. The maximum atomic E-state index is 12.4. The van der Waals surface area contributed by atoms with Gasteiger partial charge in [0.2, 0.25) is 0 Å². The molecular weight excluding hydrogens is 348 g/mol. The molecule has 0 aromatic heterocycles. The van der Waals surface area contributed by atoms with Crippen molar-refractivity contribution in [2.75, 3.05) is 14.2 Å². The molecule has 0 heterocycles. The van der Waals surface area contributed by atoms with E-state index in [0.29, 0.717) is 29.9 Å². The third-order valence-corrected chi connectivity index (χ3v) is 4.76. The van der Waals surface area contributed by atoms with Gasteiger partial charge >= 0.3 is 5.97 Å². The number of methoxy groups -OCH3 is 2. The van der Waals surface area contributed by atoms with E-state index in [9.17, 15) is 14.9 Å². The minimum Gasteiger partial charge on any atom is -0.493 e. The van der Waals surface area contributed by atoms with Crippen molar-refractivity contribution in [1.82, 2.24) is 5.32 Å². The van der Waals surface area contributed by atoms with E-state index in [2.05, 4.69) is 11.4 Å². The lowest BCUT2D eigenvalue weighted by Gasteiger charge is -2.32. The molecule has 1 saturated carbocycles. The van der Waals surface area contributed by atoms with Crippen molar-refractivity contribution in [2.24, 2.45) is 0 Å². The largest absolute Gasteiger partial charge is 0.493 e. The summed E-state index contributed by atoms with van der Waals surface area (Å²) < 4.78 is 15.6. The first-order valence-electron chi connectivity index (χ1n) is 9.06. The van der Waals surface area contributed by atoms with Crippen LogP contribution < -0.4 is 14.8 Å². The highest BCUT2D eigenvalue weighted by atomic mass is 16.5. The molecule has 1 aromatic rings. The molecule has 27 heavy (non-hydrogen) atoms. The van der Waals surface area contributed by atoms with Crippen LogP contribution in [-0.2, 0) is 20.7 Å². The first-order valence-corrected chi connectivity index (χ1v) is 9.06.